The first-order valence-corrected chi connectivity index (χ1v) is 6.60. The largest absolute Gasteiger partial charge is 0.298 e. The Labute approximate surface area is 104 Å². The monoisotopic (exact) mass is 242 g/mol. The maximum Gasteiger partial charge on any atom is 0.128 e. The highest BCUT2D eigenvalue weighted by Gasteiger charge is 2.28. The summed E-state index contributed by atoms with van der Waals surface area (Å²) in [6.45, 7) is 14.5. The van der Waals surface area contributed by atoms with Crippen LogP contribution < -0.4 is 10.8 Å². The molecular weight excluding hydrogens is 216 g/mol. The van der Waals surface area contributed by atoms with E-state index in [0.717, 1.165) is 32.7 Å². The fourth-order valence-electron chi connectivity index (χ4n) is 2.48. The average Bonchev–Trinajstić information content (AvgIpc) is 2.63. The van der Waals surface area contributed by atoms with Crippen molar-refractivity contribution in [3.05, 3.63) is 0 Å². The number of hydrogen-bond acceptors (Lipinski definition) is 5. The number of piperazine rings is 1. The molecule has 0 aromatic rings. The fourth-order valence-corrected chi connectivity index (χ4v) is 2.48. The van der Waals surface area contributed by atoms with Gasteiger partial charge in [0.1, 0.15) is 6.23 Å². The van der Waals surface area contributed by atoms with Gasteiger partial charge >= 0.3 is 0 Å². The van der Waals surface area contributed by atoms with Crippen LogP contribution in [0.25, 0.3) is 0 Å². The molecule has 17 heavy (non-hydrogen) atoms. The lowest BCUT2D eigenvalue weighted by molar-refractivity contribution is 0.0232. The zero-order valence-corrected chi connectivity index (χ0v) is 11.5. The molecule has 2 aliphatic rings. The van der Waals surface area contributed by atoms with Crippen LogP contribution in [0.4, 0.5) is 0 Å². The maximum atomic E-state index is 5.28. The molecule has 0 aromatic carbocycles. The Bertz CT molecular complexity index is 245. The van der Waals surface area contributed by atoms with E-state index >= 15 is 0 Å². The van der Waals surface area contributed by atoms with Crippen LogP contribution in [0.15, 0.2) is 0 Å². The van der Waals surface area contributed by atoms with Gasteiger partial charge in [-0.1, -0.05) is 0 Å². The van der Waals surface area contributed by atoms with Gasteiger partial charge in [-0.15, -0.1) is 0 Å². The SMILES string of the molecule is CC1NC(CN2CCN(C(C)(C)C)CC2)NO1. The third-order valence-electron chi connectivity index (χ3n) is 3.58. The van der Waals surface area contributed by atoms with Crippen LogP contribution in [-0.2, 0) is 4.84 Å². The van der Waals surface area contributed by atoms with Gasteiger partial charge in [-0.3, -0.25) is 20.0 Å². The van der Waals surface area contributed by atoms with Gasteiger partial charge in [-0.05, 0) is 27.7 Å². The number of nitrogens with zero attached hydrogens (tertiary/aromatic N) is 2. The van der Waals surface area contributed by atoms with E-state index in [-0.39, 0.29) is 12.4 Å². The summed E-state index contributed by atoms with van der Waals surface area (Å²) in [6.07, 6.45) is 0.391. The van der Waals surface area contributed by atoms with E-state index in [9.17, 15) is 0 Å². The molecule has 100 valence electrons. The highest BCUT2D eigenvalue weighted by atomic mass is 16.7. The third kappa shape index (κ3) is 3.63. The van der Waals surface area contributed by atoms with Gasteiger partial charge in [0, 0.05) is 38.3 Å². The van der Waals surface area contributed by atoms with Gasteiger partial charge in [-0.25, -0.2) is 0 Å². The third-order valence-corrected chi connectivity index (χ3v) is 3.58. The molecular formula is C12H26N4O. The Hall–Kier alpha value is -0.200. The second-order valence-electron chi connectivity index (χ2n) is 6.06. The van der Waals surface area contributed by atoms with E-state index in [1.807, 2.05) is 6.92 Å². The van der Waals surface area contributed by atoms with Crippen LogP contribution in [0.5, 0.6) is 0 Å². The first-order chi connectivity index (χ1) is 7.95. The first-order valence-electron chi connectivity index (χ1n) is 6.60. The highest BCUT2D eigenvalue weighted by Crippen LogP contribution is 2.15. The summed E-state index contributed by atoms with van der Waals surface area (Å²) in [5.41, 5.74) is 3.33. The maximum absolute atomic E-state index is 5.28. The Kier molecular flexibility index (Phi) is 4.05. The molecule has 0 aliphatic carbocycles. The molecule has 2 rings (SSSR count). The van der Waals surface area contributed by atoms with Crippen molar-refractivity contribution in [2.24, 2.45) is 0 Å². The summed E-state index contributed by atoms with van der Waals surface area (Å²) < 4.78 is 0. The quantitative estimate of drug-likeness (QED) is 0.724. The molecule has 0 radical (unpaired) electrons. The molecule has 0 saturated carbocycles. The van der Waals surface area contributed by atoms with Crippen LogP contribution in [0, 0.1) is 0 Å². The van der Waals surface area contributed by atoms with Crippen molar-refractivity contribution in [3.8, 4) is 0 Å². The molecule has 0 aromatic heterocycles. The molecule has 2 atom stereocenters. The summed E-state index contributed by atoms with van der Waals surface area (Å²) in [5, 5.41) is 3.35. The van der Waals surface area contributed by atoms with E-state index in [0.29, 0.717) is 5.54 Å². The molecule has 2 fully saturated rings. The Morgan fingerprint density at radius 3 is 2.29 bits per heavy atom. The Balaban J connectivity index is 1.72. The van der Waals surface area contributed by atoms with Gasteiger partial charge in [0.2, 0.25) is 0 Å². The topological polar surface area (TPSA) is 39.8 Å². The minimum Gasteiger partial charge on any atom is -0.298 e. The molecule has 5 heteroatoms. The molecule has 2 heterocycles. The smallest absolute Gasteiger partial charge is 0.128 e. The van der Waals surface area contributed by atoms with Crippen molar-refractivity contribution in [1.82, 2.24) is 20.6 Å². The molecule has 2 aliphatic heterocycles. The lowest BCUT2D eigenvalue weighted by atomic mass is 10.0. The average molecular weight is 242 g/mol. The van der Waals surface area contributed by atoms with Gasteiger partial charge in [-0.2, -0.15) is 5.48 Å². The van der Waals surface area contributed by atoms with Crippen molar-refractivity contribution in [3.63, 3.8) is 0 Å². The lowest BCUT2D eigenvalue weighted by Gasteiger charge is -2.42. The van der Waals surface area contributed by atoms with Crippen LogP contribution in [-0.4, -0.2) is 60.5 Å². The molecule has 0 bridgehead atoms. The Morgan fingerprint density at radius 1 is 1.18 bits per heavy atom. The van der Waals surface area contributed by atoms with E-state index in [1.54, 1.807) is 0 Å². The van der Waals surface area contributed by atoms with Crippen molar-refractivity contribution in [2.45, 2.75) is 45.6 Å². The van der Waals surface area contributed by atoms with Crippen LogP contribution in [0.3, 0.4) is 0 Å². The predicted molar refractivity (Wildman–Crippen MR) is 68.4 cm³/mol. The zero-order valence-electron chi connectivity index (χ0n) is 11.5. The van der Waals surface area contributed by atoms with Gasteiger partial charge in [0.05, 0.1) is 6.17 Å². The summed E-state index contributed by atoms with van der Waals surface area (Å²) in [4.78, 5) is 10.3. The molecule has 2 N–H and O–H groups in total. The predicted octanol–water partition coefficient (Wildman–Crippen LogP) is 0.199. The summed E-state index contributed by atoms with van der Waals surface area (Å²) in [6, 6.07) is 0. The van der Waals surface area contributed by atoms with Crippen LogP contribution >= 0.6 is 0 Å². The van der Waals surface area contributed by atoms with Crippen molar-refractivity contribution < 1.29 is 4.84 Å². The molecule has 0 spiro atoms. The van der Waals surface area contributed by atoms with Crippen molar-refractivity contribution in [1.29, 1.82) is 0 Å². The number of hydrogen-bond donors (Lipinski definition) is 2. The van der Waals surface area contributed by atoms with Gasteiger partial charge < -0.3 is 0 Å². The summed E-state index contributed by atoms with van der Waals surface area (Å²) >= 11 is 0. The standard InChI is InChI=1S/C12H26N4O/c1-10-13-11(14-17-10)9-15-5-7-16(8-6-15)12(2,3)4/h10-11,13-14H,5-9H2,1-4H3. The molecule has 5 nitrogen and oxygen atoms in total. The molecule has 0 amide bonds. The van der Waals surface area contributed by atoms with Crippen LogP contribution in [0.2, 0.25) is 0 Å². The van der Waals surface area contributed by atoms with Gasteiger partial charge in [0.25, 0.3) is 0 Å². The number of rotatable bonds is 2. The Morgan fingerprint density at radius 2 is 1.82 bits per heavy atom. The molecule has 2 unspecified atom stereocenters. The van der Waals surface area contributed by atoms with Gasteiger partial charge in [0.15, 0.2) is 0 Å². The fraction of sp³-hybridized carbons (Fsp3) is 1.00. The van der Waals surface area contributed by atoms with E-state index in [2.05, 4.69) is 41.4 Å². The van der Waals surface area contributed by atoms with Crippen molar-refractivity contribution >= 4 is 0 Å². The first kappa shape index (κ1) is 13.2. The summed E-state index contributed by atoms with van der Waals surface area (Å²) in [5.74, 6) is 0. The minimum absolute atomic E-state index is 0.121. The second-order valence-corrected chi connectivity index (χ2v) is 6.06. The van der Waals surface area contributed by atoms with E-state index < -0.39 is 0 Å². The zero-order chi connectivity index (χ0) is 12.5. The normalized spacial score (nSPS) is 33.2. The number of hydroxylamine groups is 1. The van der Waals surface area contributed by atoms with E-state index in [1.165, 1.54) is 0 Å². The summed E-state index contributed by atoms with van der Waals surface area (Å²) in [7, 11) is 0. The molecule has 2 saturated heterocycles. The van der Waals surface area contributed by atoms with E-state index in [4.69, 9.17) is 4.84 Å². The number of nitrogens with one attached hydrogen (secondary N) is 2. The van der Waals surface area contributed by atoms with Crippen molar-refractivity contribution in [2.75, 3.05) is 32.7 Å². The van der Waals surface area contributed by atoms with Crippen LogP contribution in [0.1, 0.15) is 27.7 Å². The highest BCUT2D eigenvalue weighted by molar-refractivity contribution is 4.83. The second kappa shape index (κ2) is 5.20. The lowest BCUT2D eigenvalue weighted by Crippen LogP contribution is -2.56. The minimum atomic E-state index is 0.121.